The van der Waals surface area contributed by atoms with Gasteiger partial charge >= 0.3 is 0 Å². The SMILES string of the molecule is NC(=O)CC1CCN(c2ccc(C=O)cc2F)CC1. The Balaban J connectivity index is 2.01. The molecule has 1 saturated heterocycles. The van der Waals surface area contributed by atoms with E-state index in [9.17, 15) is 14.0 Å². The number of primary amides is 1. The second kappa shape index (κ2) is 5.82. The normalized spacial score (nSPS) is 16.4. The molecular weight excluding hydrogens is 247 g/mol. The summed E-state index contributed by atoms with van der Waals surface area (Å²) in [4.78, 5) is 23.4. The van der Waals surface area contributed by atoms with E-state index >= 15 is 0 Å². The number of aldehydes is 1. The van der Waals surface area contributed by atoms with E-state index in [2.05, 4.69) is 0 Å². The van der Waals surface area contributed by atoms with Crippen molar-refractivity contribution in [3.8, 4) is 0 Å². The minimum absolute atomic E-state index is 0.278. The highest BCUT2D eigenvalue weighted by Crippen LogP contribution is 2.27. The van der Waals surface area contributed by atoms with E-state index in [-0.39, 0.29) is 11.7 Å². The fraction of sp³-hybridized carbons (Fsp3) is 0.429. The van der Waals surface area contributed by atoms with E-state index in [1.54, 1.807) is 12.1 Å². The van der Waals surface area contributed by atoms with Crippen molar-refractivity contribution in [2.75, 3.05) is 18.0 Å². The van der Waals surface area contributed by atoms with E-state index in [1.165, 1.54) is 6.07 Å². The number of anilines is 1. The maximum absolute atomic E-state index is 13.9. The van der Waals surface area contributed by atoms with Gasteiger partial charge in [-0.25, -0.2) is 4.39 Å². The van der Waals surface area contributed by atoms with Crippen LogP contribution in [0.5, 0.6) is 0 Å². The van der Waals surface area contributed by atoms with Gasteiger partial charge in [0.05, 0.1) is 5.69 Å². The molecule has 0 spiro atoms. The molecule has 5 heteroatoms. The van der Waals surface area contributed by atoms with Crippen molar-refractivity contribution in [2.45, 2.75) is 19.3 Å². The summed E-state index contributed by atoms with van der Waals surface area (Å²) in [6.45, 7) is 1.41. The molecular formula is C14H17FN2O2. The van der Waals surface area contributed by atoms with Crippen LogP contribution in [0.3, 0.4) is 0 Å². The molecule has 102 valence electrons. The zero-order valence-electron chi connectivity index (χ0n) is 10.6. The van der Waals surface area contributed by atoms with Gasteiger partial charge in [-0.15, -0.1) is 0 Å². The third-order valence-corrected chi connectivity index (χ3v) is 3.55. The molecule has 2 N–H and O–H groups in total. The average Bonchev–Trinajstić information content (AvgIpc) is 2.39. The molecule has 1 aromatic carbocycles. The van der Waals surface area contributed by atoms with E-state index < -0.39 is 0 Å². The number of carbonyl (C=O) groups excluding carboxylic acids is 2. The summed E-state index contributed by atoms with van der Waals surface area (Å²) >= 11 is 0. The molecule has 1 aliphatic heterocycles. The molecule has 1 heterocycles. The van der Waals surface area contributed by atoms with Crippen LogP contribution in [0.2, 0.25) is 0 Å². The van der Waals surface area contributed by atoms with Crippen LogP contribution in [0.25, 0.3) is 0 Å². The number of hydrogen-bond acceptors (Lipinski definition) is 3. The van der Waals surface area contributed by atoms with Gasteiger partial charge in [0.2, 0.25) is 5.91 Å². The number of halogens is 1. The molecule has 0 aromatic heterocycles. The molecule has 19 heavy (non-hydrogen) atoms. The molecule has 0 bridgehead atoms. The van der Waals surface area contributed by atoms with Crippen molar-refractivity contribution in [2.24, 2.45) is 11.7 Å². The predicted molar refractivity (Wildman–Crippen MR) is 70.5 cm³/mol. The number of benzene rings is 1. The Morgan fingerprint density at radius 1 is 1.42 bits per heavy atom. The summed E-state index contributed by atoms with van der Waals surface area (Å²) in [5, 5.41) is 0. The van der Waals surface area contributed by atoms with Crippen LogP contribution >= 0.6 is 0 Å². The summed E-state index contributed by atoms with van der Waals surface area (Å²) in [7, 11) is 0. The van der Waals surface area contributed by atoms with Crippen LogP contribution in [0.1, 0.15) is 29.6 Å². The number of amides is 1. The zero-order chi connectivity index (χ0) is 13.8. The Labute approximate surface area is 111 Å². The van der Waals surface area contributed by atoms with Crippen molar-refractivity contribution in [1.29, 1.82) is 0 Å². The summed E-state index contributed by atoms with van der Waals surface area (Å²) in [5.41, 5.74) is 6.03. The van der Waals surface area contributed by atoms with Gasteiger partial charge in [-0.05, 0) is 37.0 Å². The number of hydrogen-bond donors (Lipinski definition) is 1. The fourth-order valence-corrected chi connectivity index (χ4v) is 2.52. The minimum atomic E-state index is -0.377. The van der Waals surface area contributed by atoms with Crippen LogP contribution in [-0.2, 0) is 4.79 Å². The van der Waals surface area contributed by atoms with Gasteiger partial charge in [-0.2, -0.15) is 0 Å². The number of rotatable bonds is 4. The van der Waals surface area contributed by atoms with E-state index in [0.29, 0.717) is 43.0 Å². The lowest BCUT2D eigenvalue weighted by Gasteiger charge is -2.33. The smallest absolute Gasteiger partial charge is 0.217 e. The zero-order valence-corrected chi connectivity index (χ0v) is 10.6. The second-order valence-electron chi connectivity index (χ2n) is 4.93. The first-order valence-corrected chi connectivity index (χ1v) is 6.38. The molecule has 1 aliphatic rings. The lowest BCUT2D eigenvalue weighted by molar-refractivity contribution is -0.119. The molecule has 2 rings (SSSR count). The minimum Gasteiger partial charge on any atom is -0.370 e. The number of piperidine rings is 1. The molecule has 0 atom stereocenters. The summed E-state index contributed by atoms with van der Waals surface area (Å²) in [5.74, 6) is -0.357. The third kappa shape index (κ3) is 3.30. The van der Waals surface area contributed by atoms with Gasteiger partial charge in [0.15, 0.2) is 0 Å². The van der Waals surface area contributed by atoms with Crippen LogP contribution in [0.15, 0.2) is 18.2 Å². The predicted octanol–water partition coefficient (Wildman–Crippen LogP) is 1.73. The standard InChI is InChI=1S/C14H17FN2O2/c15-12-7-11(9-18)1-2-13(12)17-5-3-10(4-6-17)8-14(16)19/h1-2,7,9-10H,3-6,8H2,(H2,16,19). The Morgan fingerprint density at radius 3 is 2.63 bits per heavy atom. The molecule has 0 aliphatic carbocycles. The Hall–Kier alpha value is -1.91. The third-order valence-electron chi connectivity index (χ3n) is 3.55. The van der Waals surface area contributed by atoms with Crippen LogP contribution in [-0.4, -0.2) is 25.3 Å². The van der Waals surface area contributed by atoms with Crippen molar-refractivity contribution in [1.82, 2.24) is 0 Å². The fourth-order valence-electron chi connectivity index (χ4n) is 2.52. The maximum atomic E-state index is 13.9. The molecule has 0 saturated carbocycles. The molecule has 1 amide bonds. The monoisotopic (exact) mass is 264 g/mol. The highest BCUT2D eigenvalue weighted by molar-refractivity contribution is 5.76. The Kier molecular flexibility index (Phi) is 4.14. The molecule has 4 nitrogen and oxygen atoms in total. The molecule has 0 unspecified atom stereocenters. The van der Waals surface area contributed by atoms with Crippen molar-refractivity contribution >= 4 is 17.9 Å². The molecule has 1 aromatic rings. The topological polar surface area (TPSA) is 63.4 Å². The summed E-state index contributed by atoms with van der Waals surface area (Å²) in [6, 6.07) is 4.49. The first-order valence-electron chi connectivity index (χ1n) is 6.38. The molecule has 0 radical (unpaired) electrons. The lowest BCUT2D eigenvalue weighted by Crippen LogP contribution is -2.35. The molecule has 1 fully saturated rings. The first kappa shape index (κ1) is 13.5. The van der Waals surface area contributed by atoms with E-state index in [0.717, 1.165) is 12.8 Å². The van der Waals surface area contributed by atoms with Crippen LogP contribution in [0, 0.1) is 11.7 Å². The van der Waals surface area contributed by atoms with E-state index in [4.69, 9.17) is 5.73 Å². The van der Waals surface area contributed by atoms with Gasteiger partial charge in [0.25, 0.3) is 0 Å². The number of nitrogens with zero attached hydrogens (tertiary/aromatic N) is 1. The van der Waals surface area contributed by atoms with Gasteiger partial charge in [-0.3, -0.25) is 9.59 Å². The second-order valence-corrected chi connectivity index (χ2v) is 4.93. The number of carbonyl (C=O) groups is 2. The highest BCUT2D eigenvalue weighted by Gasteiger charge is 2.22. The van der Waals surface area contributed by atoms with Gasteiger partial charge in [0.1, 0.15) is 12.1 Å². The van der Waals surface area contributed by atoms with E-state index in [1.807, 2.05) is 4.90 Å². The number of nitrogens with two attached hydrogens (primary N) is 1. The van der Waals surface area contributed by atoms with Gasteiger partial charge in [-0.1, -0.05) is 0 Å². The van der Waals surface area contributed by atoms with Crippen LogP contribution < -0.4 is 10.6 Å². The van der Waals surface area contributed by atoms with Crippen molar-refractivity contribution in [3.63, 3.8) is 0 Å². The lowest BCUT2D eigenvalue weighted by atomic mass is 9.93. The maximum Gasteiger partial charge on any atom is 0.217 e. The van der Waals surface area contributed by atoms with Crippen LogP contribution in [0.4, 0.5) is 10.1 Å². The summed E-state index contributed by atoms with van der Waals surface area (Å²) in [6.07, 6.45) is 2.70. The quantitative estimate of drug-likeness (QED) is 0.842. The average molecular weight is 264 g/mol. The largest absolute Gasteiger partial charge is 0.370 e. The van der Waals surface area contributed by atoms with Crippen molar-refractivity contribution in [3.05, 3.63) is 29.6 Å². The summed E-state index contributed by atoms with van der Waals surface area (Å²) < 4.78 is 13.9. The Morgan fingerprint density at radius 2 is 2.11 bits per heavy atom. The van der Waals surface area contributed by atoms with Gasteiger partial charge in [0, 0.05) is 25.1 Å². The van der Waals surface area contributed by atoms with Crippen molar-refractivity contribution < 1.29 is 14.0 Å². The Bertz CT molecular complexity index is 482. The first-order chi connectivity index (χ1) is 9.10. The highest BCUT2D eigenvalue weighted by atomic mass is 19.1. The van der Waals surface area contributed by atoms with Gasteiger partial charge < -0.3 is 10.6 Å².